The Morgan fingerprint density at radius 1 is 1.18 bits per heavy atom. The number of benzene rings is 1. The molecule has 0 amide bonds. The first-order chi connectivity index (χ1) is 8.36. The predicted octanol–water partition coefficient (Wildman–Crippen LogP) is 2.42. The van der Waals surface area contributed by atoms with E-state index in [1.54, 1.807) is 0 Å². The summed E-state index contributed by atoms with van der Waals surface area (Å²) in [5, 5.41) is 0. The summed E-state index contributed by atoms with van der Waals surface area (Å²) in [5.41, 5.74) is 8.17. The van der Waals surface area contributed by atoms with Crippen molar-refractivity contribution in [2.24, 2.45) is 0 Å². The van der Waals surface area contributed by atoms with E-state index in [4.69, 9.17) is 10.5 Å². The van der Waals surface area contributed by atoms with Gasteiger partial charge in [0.25, 0.3) is 0 Å². The number of hydrogen-bond acceptors (Lipinski definition) is 3. The van der Waals surface area contributed by atoms with Crippen molar-refractivity contribution in [2.75, 3.05) is 23.8 Å². The zero-order chi connectivity index (χ0) is 11.7. The van der Waals surface area contributed by atoms with Crippen molar-refractivity contribution < 1.29 is 4.74 Å². The number of rotatable bonds is 1. The normalized spacial score (nSPS) is 28.8. The van der Waals surface area contributed by atoms with E-state index in [1.807, 2.05) is 12.1 Å². The molecule has 0 radical (unpaired) electrons. The van der Waals surface area contributed by atoms with Crippen molar-refractivity contribution >= 4 is 11.4 Å². The Bertz CT molecular complexity index is 392. The minimum Gasteiger partial charge on any atom is -0.397 e. The van der Waals surface area contributed by atoms with Crippen molar-refractivity contribution in [1.82, 2.24) is 0 Å². The lowest BCUT2D eigenvalue weighted by atomic mass is 9.89. The van der Waals surface area contributed by atoms with Gasteiger partial charge in [0.15, 0.2) is 0 Å². The minimum absolute atomic E-state index is 0.414. The molecular weight excluding hydrogens is 212 g/mol. The van der Waals surface area contributed by atoms with Crippen LogP contribution in [-0.4, -0.2) is 25.3 Å². The van der Waals surface area contributed by atoms with Gasteiger partial charge in [-0.15, -0.1) is 0 Å². The number of anilines is 2. The largest absolute Gasteiger partial charge is 0.397 e. The lowest BCUT2D eigenvalue weighted by Gasteiger charge is -2.45. The molecule has 0 spiro atoms. The molecule has 1 aliphatic heterocycles. The summed E-state index contributed by atoms with van der Waals surface area (Å²) >= 11 is 0. The lowest BCUT2D eigenvalue weighted by Crippen LogP contribution is -2.53. The first kappa shape index (κ1) is 10.9. The van der Waals surface area contributed by atoms with E-state index in [9.17, 15) is 0 Å². The van der Waals surface area contributed by atoms with Gasteiger partial charge in [-0.2, -0.15) is 0 Å². The average Bonchev–Trinajstić information content (AvgIpc) is 2.39. The summed E-state index contributed by atoms with van der Waals surface area (Å²) in [5.74, 6) is 0. The number of fused-ring (bicyclic) bond motifs is 1. The molecule has 3 rings (SSSR count). The third-order valence-corrected chi connectivity index (χ3v) is 3.98. The third kappa shape index (κ3) is 2.00. The fourth-order valence-corrected chi connectivity index (χ4v) is 3.14. The summed E-state index contributed by atoms with van der Waals surface area (Å²) in [6.45, 7) is 1.80. The fourth-order valence-electron chi connectivity index (χ4n) is 3.14. The topological polar surface area (TPSA) is 38.5 Å². The average molecular weight is 232 g/mol. The Balaban J connectivity index is 1.88. The van der Waals surface area contributed by atoms with Crippen LogP contribution in [0.1, 0.15) is 25.7 Å². The van der Waals surface area contributed by atoms with Gasteiger partial charge in [0, 0.05) is 6.54 Å². The highest BCUT2D eigenvalue weighted by Crippen LogP contribution is 2.34. The number of ether oxygens (including phenoxy) is 1. The molecule has 1 saturated carbocycles. The van der Waals surface area contributed by atoms with Crippen molar-refractivity contribution in [2.45, 2.75) is 37.8 Å². The second-order valence-electron chi connectivity index (χ2n) is 5.01. The van der Waals surface area contributed by atoms with Crippen molar-refractivity contribution in [1.29, 1.82) is 0 Å². The quantitative estimate of drug-likeness (QED) is 0.756. The molecule has 2 aliphatic rings. The third-order valence-electron chi connectivity index (χ3n) is 3.98. The number of morpholine rings is 1. The van der Waals surface area contributed by atoms with E-state index in [1.165, 1.54) is 31.4 Å². The SMILES string of the molecule is Nc1ccccc1N1CCOC2CCCCC21. The summed E-state index contributed by atoms with van der Waals surface area (Å²) < 4.78 is 5.89. The summed E-state index contributed by atoms with van der Waals surface area (Å²) in [6.07, 6.45) is 5.47. The molecule has 1 aliphatic carbocycles. The second-order valence-corrected chi connectivity index (χ2v) is 5.01. The van der Waals surface area contributed by atoms with Gasteiger partial charge in [0.05, 0.1) is 30.1 Å². The Kier molecular flexibility index (Phi) is 2.93. The zero-order valence-electron chi connectivity index (χ0n) is 10.1. The van der Waals surface area contributed by atoms with E-state index in [0.29, 0.717) is 12.1 Å². The van der Waals surface area contributed by atoms with Crippen LogP contribution < -0.4 is 10.6 Å². The van der Waals surface area contributed by atoms with Crippen LogP contribution in [0.4, 0.5) is 11.4 Å². The number of hydrogen-bond donors (Lipinski definition) is 1. The molecule has 1 aromatic rings. The number of nitrogen functional groups attached to an aromatic ring is 1. The number of para-hydroxylation sites is 2. The maximum absolute atomic E-state index is 6.09. The molecule has 2 unspecified atom stereocenters. The highest BCUT2D eigenvalue weighted by molar-refractivity contribution is 5.68. The predicted molar refractivity (Wildman–Crippen MR) is 70.2 cm³/mol. The van der Waals surface area contributed by atoms with Crippen molar-refractivity contribution in [3.05, 3.63) is 24.3 Å². The van der Waals surface area contributed by atoms with Crippen LogP contribution in [0.15, 0.2) is 24.3 Å². The Morgan fingerprint density at radius 2 is 2.00 bits per heavy atom. The first-order valence-electron chi connectivity index (χ1n) is 6.59. The molecule has 2 atom stereocenters. The molecule has 0 aromatic heterocycles. The maximum Gasteiger partial charge on any atom is 0.0779 e. The van der Waals surface area contributed by atoms with E-state index in [2.05, 4.69) is 17.0 Å². The Hall–Kier alpha value is -1.22. The van der Waals surface area contributed by atoms with Crippen molar-refractivity contribution in [3.8, 4) is 0 Å². The van der Waals surface area contributed by atoms with Crippen LogP contribution in [0.3, 0.4) is 0 Å². The summed E-state index contributed by atoms with van der Waals surface area (Å²) in [7, 11) is 0. The van der Waals surface area contributed by atoms with E-state index in [-0.39, 0.29) is 0 Å². The second kappa shape index (κ2) is 4.57. The van der Waals surface area contributed by atoms with Crippen LogP contribution in [0.5, 0.6) is 0 Å². The van der Waals surface area contributed by atoms with Crippen LogP contribution in [0.25, 0.3) is 0 Å². The highest BCUT2D eigenvalue weighted by Gasteiger charge is 2.34. The van der Waals surface area contributed by atoms with E-state index in [0.717, 1.165) is 18.8 Å². The van der Waals surface area contributed by atoms with Gasteiger partial charge in [-0.3, -0.25) is 0 Å². The van der Waals surface area contributed by atoms with Crippen LogP contribution in [0.2, 0.25) is 0 Å². The van der Waals surface area contributed by atoms with Gasteiger partial charge in [-0.25, -0.2) is 0 Å². The molecule has 3 heteroatoms. The molecule has 2 fully saturated rings. The maximum atomic E-state index is 6.09. The van der Waals surface area contributed by atoms with E-state index >= 15 is 0 Å². The lowest BCUT2D eigenvalue weighted by molar-refractivity contribution is -0.00862. The molecule has 2 N–H and O–H groups in total. The first-order valence-corrected chi connectivity index (χ1v) is 6.59. The van der Waals surface area contributed by atoms with Gasteiger partial charge >= 0.3 is 0 Å². The van der Waals surface area contributed by atoms with Gasteiger partial charge in [-0.1, -0.05) is 25.0 Å². The minimum atomic E-state index is 0.414. The summed E-state index contributed by atoms with van der Waals surface area (Å²) in [6, 6.07) is 8.72. The Morgan fingerprint density at radius 3 is 2.88 bits per heavy atom. The Labute approximate surface area is 103 Å². The smallest absolute Gasteiger partial charge is 0.0779 e. The van der Waals surface area contributed by atoms with Gasteiger partial charge in [0.2, 0.25) is 0 Å². The van der Waals surface area contributed by atoms with Crippen LogP contribution in [0, 0.1) is 0 Å². The van der Waals surface area contributed by atoms with Gasteiger partial charge in [-0.05, 0) is 25.0 Å². The molecule has 3 nitrogen and oxygen atoms in total. The molecule has 0 bridgehead atoms. The molecule has 1 saturated heterocycles. The molecule has 92 valence electrons. The van der Waals surface area contributed by atoms with Crippen LogP contribution in [-0.2, 0) is 4.74 Å². The number of nitrogens with two attached hydrogens (primary N) is 1. The van der Waals surface area contributed by atoms with E-state index < -0.39 is 0 Å². The molecule has 1 heterocycles. The molecule has 17 heavy (non-hydrogen) atoms. The zero-order valence-corrected chi connectivity index (χ0v) is 10.1. The monoisotopic (exact) mass is 232 g/mol. The molecular formula is C14H20N2O. The van der Waals surface area contributed by atoms with Gasteiger partial charge < -0.3 is 15.4 Å². The highest BCUT2D eigenvalue weighted by atomic mass is 16.5. The van der Waals surface area contributed by atoms with Crippen molar-refractivity contribution in [3.63, 3.8) is 0 Å². The van der Waals surface area contributed by atoms with Gasteiger partial charge in [0.1, 0.15) is 0 Å². The number of nitrogens with zero attached hydrogens (tertiary/aromatic N) is 1. The van der Waals surface area contributed by atoms with Crippen LogP contribution >= 0.6 is 0 Å². The fraction of sp³-hybridized carbons (Fsp3) is 0.571. The molecule has 1 aromatic carbocycles. The standard InChI is InChI=1S/C14H20N2O/c15-11-5-1-2-6-12(11)16-9-10-17-14-8-4-3-7-13(14)16/h1-2,5-6,13-14H,3-4,7-10,15H2. The summed E-state index contributed by atoms with van der Waals surface area (Å²) in [4.78, 5) is 2.46.